The van der Waals surface area contributed by atoms with Crippen molar-refractivity contribution in [2.45, 2.75) is 6.04 Å². The van der Waals surface area contributed by atoms with E-state index in [4.69, 9.17) is 9.47 Å². The Hall–Kier alpha value is -1.77. The fourth-order valence-corrected chi connectivity index (χ4v) is 3.59. The SMILES string of the molecule is COc1cccc(C(CNC(=O)CSCC(=O)N2CCOCC2)N(C)C)c1. The van der Waals surface area contributed by atoms with Crippen LogP contribution in [0.4, 0.5) is 0 Å². The van der Waals surface area contributed by atoms with Crippen LogP contribution >= 0.6 is 11.8 Å². The number of ether oxygens (including phenoxy) is 2. The normalized spacial score (nSPS) is 15.5. The van der Waals surface area contributed by atoms with Gasteiger partial charge >= 0.3 is 0 Å². The molecule has 27 heavy (non-hydrogen) atoms. The van der Waals surface area contributed by atoms with Gasteiger partial charge in [0.05, 0.1) is 37.9 Å². The third-order valence-corrected chi connectivity index (χ3v) is 5.33. The average molecular weight is 396 g/mol. The summed E-state index contributed by atoms with van der Waals surface area (Å²) in [6.45, 7) is 2.95. The molecule has 2 rings (SSSR count). The number of nitrogens with zero attached hydrogens (tertiary/aromatic N) is 2. The number of carbonyl (C=O) groups excluding carboxylic acids is 2. The quantitative estimate of drug-likeness (QED) is 0.673. The highest BCUT2D eigenvalue weighted by Gasteiger charge is 2.18. The minimum absolute atomic E-state index is 0.0454. The summed E-state index contributed by atoms with van der Waals surface area (Å²) in [7, 11) is 5.60. The van der Waals surface area contributed by atoms with Gasteiger partial charge in [-0.25, -0.2) is 0 Å². The monoisotopic (exact) mass is 395 g/mol. The predicted molar refractivity (Wildman–Crippen MR) is 107 cm³/mol. The summed E-state index contributed by atoms with van der Waals surface area (Å²) in [6.07, 6.45) is 0. The Morgan fingerprint density at radius 2 is 2.04 bits per heavy atom. The number of thioether (sulfide) groups is 1. The summed E-state index contributed by atoms with van der Waals surface area (Å²) in [4.78, 5) is 28.1. The summed E-state index contributed by atoms with van der Waals surface area (Å²) in [5.74, 6) is 1.39. The van der Waals surface area contributed by atoms with Crippen LogP contribution < -0.4 is 10.1 Å². The van der Waals surface area contributed by atoms with E-state index in [-0.39, 0.29) is 23.6 Å². The van der Waals surface area contributed by atoms with Crippen molar-refractivity contribution >= 4 is 23.6 Å². The van der Waals surface area contributed by atoms with Crippen molar-refractivity contribution in [3.63, 3.8) is 0 Å². The van der Waals surface area contributed by atoms with Gasteiger partial charge in [-0.05, 0) is 31.8 Å². The molecule has 2 amide bonds. The maximum absolute atomic E-state index is 12.2. The molecule has 1 fully saturated rings. The van der Waals surface area contributed by atoms with Gasteiger partial charge in [0.2, 0.25) is 11.8 Å². The van der Waals surface area contributed by atoms with Crippen LogP contribution in [0.1, 0.15) is 11.6 Å². The number of hydrogen-bond acceptors (Lipinski definition) is 6. The Kier molecular flexibility index (Phi) is 8.90. The average Bonchev–Trinajstić information content (AvgIpc) is 2.68. The van der Waals surface area contributed by atoms with E-state index in [2.05, 4.69) is 10.2 Å². The molecule has 0 spiro atoms. The number of amides is 2. The topological polar surface area (TPSA) is 71.1 Å². The van der Waals surface area contributed by atoms with E-state index >= 15 is 0 Å². The number of likely N-dealkylation sites (N-methyl/N-ethyl adjacent to an activating group) is 1. The first-order chi connectivity index (χ1) is 13.0. The maximum Gasteiger partial charge on any atom is 0.232 e. The van der Waals surface area contributed by atoms with Crippen molar-refractivity contribution < 1.29 is 19.1 Å². The highest BCUT2D eigenvalue weighted by atomic mass is 32.2. The molecule has 0 saturated carbocycles. The van der Waals surface area contributed by atoms with Crippen molar-refractivity contribution in [2.75, 3.05) is 65.6 Å². The molecule has 1 unspecified atom stereocenters. The molecule has 0 aliphatic carbocycles. The smallest absolute Gasteiger partial charge is 0.232 e. The maximum atomic E-state index is 12.2. The summed E-state index contributed by atoms with van der Waals surface area (Å²) in [5.41, 5.74) is 1.08. The van der Waals surface area contributed by atoms with Gasteiger partial charge in [-0.2, -0.15) is 0 Å². The lowest BCUT2D eigenvalue weighted by Gasteiger charge is -2.26. The van der Waals surface area contributed by atoms with Gasteiger partial charge in [-0.15, -0.1) is 11.8 Å². The molecule has 7 nitrogen and oxygen atoms in total. The first-order valence-corrected chi connectivity index (χ1v) is 10.2. The number of rotatable bonds is 9. The molecular formula is C19H29N3O4S. The van der Waals surface area contributed by atoms with Crippen LogP contribution in [-0.4, -0.2) is 87.2 Å². The van der Waals surface area contributed by atoms with Gasteiger partial charge in [-0.1, -0.05) is 12.1 Å². The van der Waals surface area contributed by atoms with Crippen molar-refractivity contribution in [2.24, 2.45) is 0 Å². The summed E-state index contributed by atoms with van der Waals surface area (Å²) < 4.78 is 10.5. The number of carbonyl (C=O) groups is 2. The Bertz CT molecular complexity index is 621. The fourth-order valence-electron chi connectivity index (χ4n) is 2.84. The van der Waals surface area contributed by atoms with Gasteiger partial charge in [0, 0.05) is 19.6 Å². The molecule has 1 N–H and O–H groups in total. The standard InChI is InChI=1S/C19H29N3O4S/c1-21(2)17(15-5-4-6-16(11-15)25-3)12-20-18(23)13-27-14-19(24)22-7-9-26-10-8-22/h4-6,11,17H,7-10,12-14H2,1-3H3,(H,20,23). The predicted octanol–water partition coefficient (Wildman–Crippen LogP) is 1.01. The van der Waals surface area contributed by atoms with E-state index in [9.17, 15) is 9.59 Å². The molecule has 150 valence electrons. The van der Waals surface area contributed by atoms with Crippen LogP contribution in [0, 0.1) is 0 Å². The molecule has 0 radical (unpaired) electrons. The molecule has 1 aromatic rings. The lowest BCUT2D eigenvalue weighted by Crippen LogP contribution is -2.41. The number of morpholine rings is 1. The lowest BCUT2D eigenvalue weighted by atomic mass is 10.1. The molecule has 0 aromatic heterocycles. The number of benzene rings is 1. The molecule has 1 heterocycles. The number of nitrogens with one attached hydrogen (secondary N) is 1. The van der Waals surface area contributed by atoms with E-state index in [1.807, 2.05) is 38.4 Å². The van der Waals surface area contributed by atoms with E-state index in [0.717, 1.165) is 11.3 Å². The van der Waals surface area contributed by atoms with Crippen LogP contribution in [0.5, 0.6) is 5.75 Å². The Morgan fingerprint density at radius 3 is 2.70 bits per heavy atom. The molecule has 1 aliphatic heterocycles. The summed E-state index contributed by atoms with van der Waals surface area (Å²) >= 11 is 1.35. The van der Waals surface area contributed by atoms with Crippen molar-refractivity contribution in [3.05, 3.63) is 29.8 Å². The molecule has 1 aliphatic rings. The van der Waals surface area contributed by atoms with Crippen molar-refractivity contribution in [1.29, 1.82) is 0 Å². The molecule has 1 atom stereocenters. The van der Waals surface area contributed by atoms with Crippen LogP contribution in [0.15, 0.2) is 24.3 Å². The first kappa shape index (κ1) is 21.5. The third-order valence-electron chi connectivity index (χ3n) is 4.42. The molecule has 8 heteroatoms. The molecule has 0 bridgehead atoms. The van der Waals surface area contributed by atoms with Crippen LogP contribution in [-0.2, 0) is 14.3 Å². The zero-order chi connectivity index (χ0) is 19.6. The second kappa shape index (κ2) is 11.2. The van der Waals surface area contributed by atoms with Crippen LogP contribution in [0.2, 0.25) is 0 Å². The van der Waals surface area contributed by atoms with Gasteiger partial charge in [-0.3, -0.25) is 9.59 Å². The van der Waals surface area contributed by atoms with Gasteiger partial charge < -0.3 is 24.6 Å². The second-order valence-electron chi connectivity index (χ2n) is 6.55. The Labute approximate surface area is 165 Å². The molecular weight excluding hydrogens is 366 g/mol. The van der Waals surface area contributed by atoms with Gasteiger partial charge in [0.15, 0.2) is 0 Å². The lowest BCUT2D eigenvalue weighted by molar-refractivity contribution is -0.132. The van der Waals surface area contributed by atoms with Gasteiger partial charge in [0.1, 0.15) is 5.75 Å². The van der Waals surface area contributed by atoms with E-state index < -0.39 is 0 Å². The number of hydrogen-bond donors (Lipinski definition) is 1. The van der Waals surface area contributed by atoms with Gasteiger partial charge in [0.25, 0.3) is 0 Å². The highest BCUT2D eigenvalue weighted by Crippen LogP contribution is 2.22. The van der Waals surface area contributed by atoms with Crippen LogP contribution in [0.3, 0.4) is 0 Å². The Balaban J connectivity index is 1.75. The largest absolute Gasteiger partial charge is 0.497 e. The van der Waals surface area contributed by atoms with Crippen molar-refractivity contribution in [3.8, 4) is 5.75 Å². The summed E-state index contributed by atoms with van der Waals surface area (Å²) in [6, 6.07) is 7.89. The number of methoxy groups -OCH3 is 1. The second-order valence-corrected chi connectivity index (χ2v) is 7.53. The zero-order valence-corrected chi connectivity index (χ0v) is 17.1. The molecule has 1 aromatic carbocycles. The Morgan fingerprint density at radius 1 is 1.30 bits per heavy atom. The van der Waals surface area contributed by atoms with Crippen molar-refractivity contribution in [1.82, 2.24) is 15.1 Å². The zero-order valence-electron chi connectivity index (χ0n) is 16.3. The van der Waals surface area contributed by atoms with E-state index in [0.29, 0.717) is 38.6 Å². The molecule has 1 saturated heterocycles. The van der Waals surface area contributed by atoms with E-state index in [1.54, 1.807) is 12.0 Å². The summed E-state index contributed by atoms with van der Waals surface area (Å²) in [5, 5.41) is 2.97. The minimum atomic E-state index is -0.0653. The first-order valence-electron chi connectivity index (χ1n) is 9.01. The fraction of sp³-hybridized carbons (Fsp3) is 0.579. The third kappa shape index (κ3) is 7.04. The minimum Gasteiger partial charge on any atom is -0.497 e. The van der Waals surface area contributed by atoms with E-state index in [1.165, 1.54) is 11.8 Å². The highest BCUT2D eigenvalue weighted by molar-refractivity contribution is 8.00. The van der Waals surface area contributed by atoms with Crippen LogP contribution in [0.25, 0.3) is 0 Å².